The zero-order valence-corrected chi connectivity index (χ0v) is 8.15. The third kappa shape index (κ3) is 1.79. The molecule has 1 saturated heterocycles. The lowest BCUT2D eigenvalue weighted by atomic mass is 10.0. The van der Waals surface area contributed by atoms with Crippen LogP contribution in [0.4, 0.5) is 4.39 Å². The van der Waals surface area contributed by atoms with E-state index < -0.39 is 0 Å². The van der Waals surface area contributed by atoms with Gasteiger partial charge in [-0.2, -0.15) is 0 Å². The Morgan fingerprint density at radius 3 is 2.79 bits per heavy atom. The molecule has 1 atom stereocenters. The van der Waals surface area contributed by atoms with Gasteiger partial charge in [0.1, 0.15) is 5.82 Å². The smallest absolute Gasteiger partial charge is 0.123 e. The average Bonchev–Trinajstić information content (AvgIpc) is 2.12. The van der Waals surface area contributed by atoms with Gasteiger partial charge in [0, 0.05) is 19.1 Å². The van der Waals surface area contributed by atoms with Gasteiger partial charge >= 0.3 is 0 Å². The number of hydrogen-bond acceptors (Lipinski definition) is 2. The van der Waals surface area contributed by atoms with Gasteiger partial charge in [-0.3, -0.25) is 4.90 Å². The van der Waals surface area contributed by atoms with Gasteiger partial charge in [0.2, 0.25) is 0 Å². The zero-order valence-electron chi connectivity index (χ0n) is 8.15. The maximum absolute atomic E-state index is 12.9. The summed E-state index contributed by atoms with van der Waals surface area (Å²) >= 11 is 0. The minimum absolute atomic E-state index is 0.189. The van der Waals surface area contributed by atoms with Crippen molar-refractivity contribution < 1.29 is 9.50 Å². The Labute approximate surface area is 83.0 Å². The molecule has 0 aliphatic carbocycles. The second kappa shape index (κ2) is 3.67. The lowest BCUT2D eigenvalue weighted by molar-refractivity contribution is -0.0211. The van der Waals surface area contributed by atoms with Crippen LogP contribution in [0.2, 0.25) is 0 Å². The summed E-state index contributed by atoms with van der Waals surface area (Å²) in [6.07, 6.45) is -0.203. The van der Waals surface area contributed by atoms with Crippen LogP contribution in [0.5, 0.6) is 0 Å². The topological polar surface area (TPSA) is 23.5 Å². The highest BCUT2D eigenvalue weighted by atomic mass is 19.1. The Morgan fingerprint density at radius 1 is 1.50 bits per heavy atom. The predicted octanol–water partition coefficient (Wildman–Crippen LogP) is 1.56. The summed E-state index contributed by atoms with van der Waals surface area (Å²) in [5, 5.41) is 9.15. The number of benzene rings is 1. The summed E-state index contributed by atoms with van der Waals surface area (Å²) in [5.74, 6) is -0.199. The van der Waals surface area contributed by atoms with Crippen LogP contribution in [0.25, 0.3) is 0 Å². The van der Waals surface area contributed by atoms with Crippen LogP contribution in [0, 0.1) is 5.82 Å². The molecule has 1 fully saturated rings. The highest BCUT2D eigenvalue weighted by molar-refractivity contribution is 5.20. The van der Waals surface area contributed by atoms with E-state index in [1.807, 2.05) is 13.0 Å². The highest BCUT2D eigenvalue weighted by Crippen LogP contribution is 2.25. The van der Waals surface area contributed by atoms with Crippen LogP contribution in [-0.2, 0) is 0 Å². The van der Waals surface area contributed by atoms with Gasteiger partial charge in [-0.25, -0.2) is 4.39 Å². The Bertz CT molecular complexity index is 323. The number of nitrogens with zero attached hydrogens (tertiary/aromatic N) is 1. The predicted molar refractivity (Wildman–Crippen MR) is 52.4 cm³/mol. The van der Waals surface area contributed by atoms with Gasteiger partial charge < -0.3 is 5.11 Å². The van der Waals surface area contributed by atoms with Crippen molar-refractivity contribution in [1.29, 1.82) is 0 Å². The second-order valence-electron chi connectivity index (χ2n) is 3.84. The van der Waals surface area contributed by atoms with Crippen molar-refractivity contribution in [1.82, 2.24) is 4.90 Å². The van der Waals surface area contributed by atoms with E-state index >= 15 is 0 Å². The molecule has 1 aromatic carbocycles. The summed E-state index contributed by atoms with van der Waals surface area (Å²) in [6.45, 7) is 3.41. The van der Waals surface area contributed by atoms with E-state index in [1.54, 1.807) is 12.1 Å². The maximum atomic E-state index is 12.9. The first-order chi connectivity index (χ1) is 6.66. The molecular formula is C11H14FNO. The summed E-state index contributed by atoms with van der Waals surface area (Å²) in [6, 6.07) is 6.82. The van der Waals surface area contributed by atoms with Crippen LogP contribution in [0.1, 0.15) is 18.5 Å². The van der Waals surface area contributed by atoms with Crippen molar-refractivity contribution in [2.24, 2.45) is 0 Å². The Kier molecular flexibility index (Phi) is 2.52. The molecule has 0 amide bonds. The van der Waals surface area contributed by atoms with Crippen LogP contribution in [0.3, 0.4) is 0 Å². The van der Waals surface area contributed by atoms with Gasteiger partial charge in [0.15, 0.2) is 0 Å². The maximum Gasteiger partial charge on any atom is 0.123 e. The van der Waals surface area contributed by atoms with Crippen LogP contribution in [-0.4, -0.2) is 29.2 Å². The van der Waals surface area contributed by atoms with E-state index in [9.17, 15) is 4.39 Å². The first kappa shape index (κ1) is 9.62. The van der Waals surface area contributed by atoms with Crippen molar-refractivity contribution >= 4 is 0 Å². The second-order valence-corrected chi connectivity index (χ2v) is 3.84. The normalized spacial score (nSPS) is 20.5. The lowest BCUT2D eigenvalue weighted by Crippen LogP contribution is -2.51. The SMILES string of the molecule is C[C@@H](c1cccc(F)c1)N1CC(O)C1. The van der Waals surface area contributed by atoms with Gasteiger partial charge in [-0.15, -0.1) is 0 Å². The molecule has 0 saturated carbocycles. The summed E-state index contributed by atoms with van der Waals surface area (Å²) in [4.78, 5) is 2.12. The molecule has 0 unspecified atom stereocenters. The average molecular weight is 195 g/mol. The number of halogens is 1. The number of aliphatic hydroxyl groups excluding tert-OH is 1. The Hall–Kier alpha value is -0.930. The van der Waals surface area contributed by atoms with Crippen molar-refractivity contribution in [3.63, 3.8) is 0 Å². The third-order valence-corrected chi connectivity index (χ3v) is 2.77. The molecule has 1 N–H and O–H groups in total. The van der Waals surface area contributed by atoms with E-state index in [2.05, 4.69) is 4.90 Å². The molecule has 1 heterocycles. The van der Waals surface area contributed by atoms with Crippen LogP contribution in [0.15, 0.2) is 24.3 Å². The summed E-state index contributed by atoms with van der Waals surface area (Å²) in [7, 11) is 0. The van der Waals surface area contributed by atoms with Crippen molar-refractivity contribution in [2.45, 2.75) is 19.1 Å². The molecule has 76 valence electrons. The molecule has 14 heavy (non-hydrogen) atoms. The lowest BCUT2D eigenvalue weighted by Gasteiger charge is -2.40. The zero-order chi connectivity index (χ0) is 10.1. The van der Waals surface area contributed by atoms with Gasteiger partial charge in [-0.1, -0.05) is 12.1 Å². The first-order valence-electron chi connectivity index (χ1n) is 4.84. The van der Waals surface area contributed by atoms with Crippen molar-refractivity contribution in [3.8, 4) is 0 Å². The molecular weight excluding hydrogens is 181 g/mol. The fourth-order valence-corrected chi connectivity index (χ4v) is 1.78. The van der Waals surface area contributed by atoms with Crippen molar-refractivity contribution in [3.05, 3.63) is 35.6 Å². The Morgan fingerprint density at radius 2 is 2.21 bits per heavy atom. The van der Waals surface area contributed by atoms with E-state index in [-0.39, 0.29) is 18.0 Å². The number of β-amino-alcohol motifs (C(OH)–C–C–N with tert-alkyl or cyclic N) is 1. The minimum Gasteiger partial charge on any atom is -0.390 e. The Balaban J connectivity index is 2.07. The first-order valence-corrected chi connectivity index (χ1v) is 4.84. The molecule has 1 aliphatic rings. The fourth-order valence-electron chi connectivity index (χ4n) is 1.78. The number of rotatable bonds is 2. The molecule has 2 rings (SSSR count). The largest absolute Gasteiger partial charge is 0.390 e. The van der Waals surface area contributed by atoms with Crippen molar-refractivity contribution in [2.75, 3.05) is 13.1 Å². The molecule has 0 radical (unpaired) electrons. The monoisotopic (exact) mass is 195 g/mol. The van der Waals surface area contributed by atoms with Crippen LogP contribution >= 0.6 is 0 Å². The molecule has 0 bridgehead atoms. The molecule has 0 spiro atoms. The highest BCUT2D eigenvalue weighted by Gasteiger charge is 2.29. The van der Waals surface area contributed by atoms with E-state index in [0.29, 0.717) is 13.1 Å². The standard InChI is InChI=1S/C11H14FNO/c1-8(13-6-11(14)7-13)9-3-2-4-10(12)5-9/h2-5,8,11,14H,6-7H2,1H3/t8-/m0/s1. The number of aliphatic hydroxyl groups is 1. The number of hydrogen-bond donors (Lipinski definition) is 1. The van der Waals surface area contributed by atoms with Gasteiger partial charge in [0.05, 0.1) is 6.10 Å². The molecule has 1 aliphatic heterocycles. The summed E-state index contributed by atoms with van der Waals surface area (Å²) < 4.78 is 12.9. The molecule has 1 aromatic rings. The van der Waals surface area contributed by atoms with E-state index in [4.69, 9.17) is 5.11 Å². The number of likely N-dealkylation sites (tertiary alicyclic amines) is 1. The van der Waals surface area contributed by atoms with E-state index in [0.717, 1.165) is 5.56 Å². The summed E-state index contributed by atoms with van der Waals surface area (Å²) in [5.41, 5.74) is 0.969. The molecule has 2 nitrogen and oxygen atoms in total. The third-order valence-electron chi connectivity index (χ3n) is 2.77. The van der Waals surface area contributed by atoms with Gasteiger partial charge in [-0.05, 0) is 24.6 Å². The van der Waals surface area contributed by atoms with E-state index in [1.165, 1.54) is 6.07 Å². The molecule has 0 aromatic heterocycles. The fraction of sp³-hybridized carbons (Fsp3) is 0.455. The molecule has 3 heteroatoms. The van der Waals surface area contributed by atoms with Gasteiger partial charge in [0.25, 0.3) is 0 Å². The minimum atomic E-state index is -0.203. The van der Waals surface area contributed by atoms with Crippen LogP contribution < -0.4 is 0 Å². The quantitative estimate of drug-likeness (QED) is 0.774.